The van der Waals surface area contributed by atoms with Crippen LogP contribution in [-0.2, 0) is 9.73 Å². The molecular weight excluding hydrogens is 493 g/mol. The molecule has 2 aromatic carbocycles. The minimum Gasteiger partial charge on any atom is -0.494 e. The van der Waals surface area contributed by atoms with Crippen molar-refractivity contribution in [3.63, 3.8) is 0 Å². The second-order valence-electron chi connectivity index (χ2n) is 8.00. The van der Waals surface area contributed by atoms with E-state index >= 15 is 0 Å². The third kappa shape index (κ3) is 5.05. The van der Waals surface area contributed by atoms with Crippen molar-refractivity contribution >= 4 is 38.0 Å². The number of allylic oxidation sites excluding steroid dienone is 2. The molecule has 0 N–H and O–H groups in total. The Balaban J connectivity index is 2.14. The molecule has 1 aliphatic heterocycles. The second kappa shape index (κ2) is 9.65. The number of alkyl halides is 1. The van der Waals surface area contributed by atoms with E-state index in [2.05, 4.69) is 55.5 Å². The van der Waals surface area contributed by atoms with E-state index in [9.17, 15) is 4.21 Å². The molecule has 0 saturated carbocycles. The molecule has 0 unspecified atom stereocenters. The third-order valence-electron chi connectivity index (χ3n) is 5.48. The van der Waals surface area contributed by atoms with Crippen molar-refractivity contribution in [2.45, 2.75) is 44.4 Å². The first-order chi connectivity index (χ1) is 13.9. The fraction of sp³-hybridized carbons (Fsp3) is 0.417. The number of halogens is 1. The summed E-state index contributed by atoms with van der Waals surface area (Å²) in [6.07, 6.45) is 4.44. The highest BCUT2D eigenvalue weighted by atomic mass is 127. The molecule has 0 amide bonds. The lowest BCUT2D eigenvalue weighted by Gasteiger charge is -2.32. The maximum absolute atomic E-state index is 14.1. The first-order valence-electron chi connectivity index (χ1n) is 10.1. The van der Waals surface area contributed by atoms with Crippen LogP contribution in [0.4, 0.5) is 5.69 Å². The summed E-state index contributed by atoms with van der Waals surface area (Å²) < 4.78 is 25.6. The smallest absolute Gasteiger partial charge is 0.145 e. The van der Waals surface area contributed by atoms with Gasteiger partial charge in [0.25, 0.3) is 0 Å². The zero-order chi connectivity index (χ0) is 21.0. The molecule has 0 spiro atoms. The maximum atomic E-state index is 14.1. The molecule has 1 aliphatic rings. The third-order valence-corrected chi connectivity index (χ3v) is 8.91. The summed E-state index contributed by atoms with van der Waals surface area (Å²) in [6, 6.07) is 13.9. The van der Waals surface area contributed by atoms with Crippen LogP contribution in [-0.4, -0.2) is 21.5 Å². The van der Waals surface area contributed by atoms with E-state index in [4.69, 9.17) is 9.10 Å². The Morgan fingerprint density at radius 2 is 2.03 bits per heavy atom. The van der Waals surface area contributed by atoms with Crippen LogP contribution < -0.4 is 4.74 Å². The molecule has 5 heteroatoms. The van der Waals surface area contributed by atoms with Gasteiger partial charge in [-0.05, 0) is 68.9 Å². The first kappa shape index (κ1) is 22.3. The van der Waals surface area contributed by atoms with Crippen molar-refractivity contribution in [1.29, 1.82) is 0 Å². The summed E-state index contributed by atoms with van der Waals surface area (Å²) in [4.78, 5) is 0.815. The second-order valence-corrected chi connectivity index (χ2v) is 11.1. The molecule has 2 aromatic rings. The van der Waals surface area contributed by atoms with Crippen LogP contribution in [0.5, 0.6) is 5.75 Å². The van der Waals surface area contributed by atoms with Gasteiger partial charge in [-0.25, -0.2) is 4.21 Å². The van der Waals surface area contributed by atoms with Crippen LogP contribution in [0, 0.1) is 12.8 Å². The Kier molecular flexibility index (Phi) is 7.43. The molecule has 3 atom stereocenters. The van der Waals surface area contributed by atoms with E-state index in [1.807, 2.05) is 36.4 Å². The molecule has 29 heavy (non-hydrogen) atoms. The maximum Gasteiger partial charge on any atom is 0.145 e. The summed E-state index contributed by atoms with van der Waals surface area (Å²) in [5.41, 5.74) is 4.48. The van der Waals surface area contributed by atoms with Crippen molar-refractivity contribution in [2.75, 3.05) is 17.3 Å². The average Bonchev–Trinajstić information content (AvgIpc) is 2.71. The Bertz CT molecular complexity index is 1000. The van der Waals surface area contributed by atoms with Crippen LogP contribution in [0.3, 0.4) is 0 Å². The van der Waals surface area contributed by atoms with E-state index in [0.29, 0.717) is 11.7 Å². The summed E-state index contributed by atoms with van der Waals surface area (Å²) in [5.74, 6) is 1.94. The van der Waals surface area contributed by atoms with Gasteiger partial charge in [0, 0.05) is 21.0 Å². The number of aryl methyl sites for hydroxylation is 1. The number of methoxy groups -OCH3 is 1. The number of ether oxygens (including phenoxy) is 1. The normalized spacial score (nSPS) is 21.6. The largest absolute Gasteiger partial charge is 0.494 e. The highest BCUT2D eigenvalue weighted by Crippen LogP contribution is 2.47. The predicted octanol–water partition coefficient (Wildman–Crippen LogP) is 7.06. The van der Waals surface area contributed by atoms with Gasteiger partial charge in [0.2, 0.25) is 0 Å². The van der Waals surface area contributed by atoms with Gasteiger partial charge >= 0.3 is 0 Å². The lowest BCUT2D eigenvalue weighted by Crippen LogP contribution is -2.26. The van der Waals surface area contributed by atoms with Crippen molar-refractivity contribution in [3.8, 4) is 5.75 Å². The molecule has 0 aliphatic carbocycles. The number of fused-ring (bicyclic) bond motifs is 1. The minimum absolute atomic E-state index is 0.200. The number of hydrogen-bond donors (Lipinski definition) is 0. The molecule has 0 radical (unpaired) electrons. The van der Waals surface area contributed by atoms with Gasteiger partial charge in [0.05, 0.1) is 16.8 Å². The van der Waals surface area contributed by atoms with Crippen LogP contribution >= 0.6 is 22.6 Å². The summed E-state index contributed by atoms with van der Waals surface area (Å²) in [5, 5.41) is 0. The summed E-state index contributed by atoms with van der Waals surface area (Å²) in [7, 11) is -0.877. The lowest BCUT2D eigenvalue weighted by atomic mass is 9.84. The fourth-order valence-corrected chi connectivity index (χ4v) is 7.41. The van der Waals surface area contributed by atoms with Gasteiger partial charge in [0.15, 0.2) is 0 Å². The lowest BCUT2D eigenvalue weighted by molar-refractivity contribution is 0.412. The summed E-state index contributed by atoms with van der Waals surface area (Å²) >= 11 is 2.49. The SMILES string of the molecule is COc1cc(C)cc2c1N=[S@](=O)(c1ccccc1)C[C@@H]2[C@@H](CI)CCC=C(C)C. The number of hydrogen-bond acceptors (Lipinski definition) is 3. The Morgan fingerprint density at radius 1 is 1.31 bits per heavy atom. The van der Waals surface area contributed by atoms with Crippen molar-refractivity contribution in [2.24, 2.45) is 10.3 Å². The van der Waals surface area contributed by atoms with Gasteiger partial charge in [-0.1, -0.05) is 58.5 Å². The van der Waals surface area contributed by atoms with E-state index in [1.54, 1.807) is 7.11 Å². The van der Waals surface area contributed by atoms with Crippen molar-refractivity contribution < 1.29 is 8.95 Å². The van der Waals surface area contributed by atoms with Gasteiger partial charge in [-0.3, -0.25) is 0 Å². The Hall–Kier alpha value is -1.34. The quantitative estimate of drug-likeness (QED) is 0.222. The highest BCUT2D eigenvalue weighted by Gasteiger charge is 2.34. The molecule has 1 heterocycles. The number of benzene rings is 2. The highest BCUT2D eigenvalue weighted by molar-refractivity contribution is 14.1. The number of rotatable bonds is 7. The fourth-order valence-electron chi connectivity index (χ4n) is 3.97. The van der Waals surface area contributed by atoms with E-state index in [0.717, 1.165) is 39.2 Å². The molecule has 156 valence electrons. The van der Waals surface area contributed by atoms with E-state index in [-0.39, 0.29) is 5.92 Å². The topological polar surface area (TPSA) is 38.7 Å². The van der Waals surface area contributed by atoms with Crippen LogP contribution in [0.2, 0.25) is 0 Å². The minimum atomic E-state index is -2.55. The van der Waals surface area contributed by atoms with Crippen LogP contribution in [0.1, 0.15) is 43.7 Å². The van der Waals surface area contributed by atoms with Gasteiger partial charge in [0.1, 0.15) is 11.4 Å². The van der Waals surface area contributed by atoms with Crippen LogP contribution in [0.25, 0.3) is 0 Å². The van der Waals surface area contributed by atoms with Gasteiger partial charge in [-0.2, -0.15) is 4.36 Å². The van der Waals surface area contributed by atoms with E-state index < -0.39 is 9.73 Å². The standard InChI is InChI=1S/C24H30INO2S/c1-17(2)9-8-10-19(15-25)22-16-29(27,20-11-6-5-7-12-20)26-24-21(22)13-18(3)14-23(24)28-4/h5-7,9,11-14,19,22H,8,10,15-16H2,1-4H3/t19-,22-,29-/m1/s1. The predicted molar refractivity (Wildman–Crippen MR) is 131 cm³/mol. The Labute approximate surface area is 189 Å². The van der Waals surface area contributed by atoms with Gasteiger partial charge < -0.3 is 4.74 Å². The average molecular weight is 523 g/mol. The van der Waals surface area contributed by atoms with E-state index in [1.165, 1.54) is 11.1 Å². The molecule has 3 rings (SSSR count). The zero-order valence-corrected chi connectivity index (χ0v) is 20.6. The molecule has 0 saturated heterocycles. The Morgan fingerprint density at radius 3 is 2.66 bits per heavy atom. The number of nitrogens with zero attached hydrogens (tertiary/aromatic N) is 1. The van der Waals surface area contributed by atoms with Crippen LogP contribution in [0.15, 0.2) is 63.4 Å². The van der Waals surface area contributed by atoms with Gasteiger partial charge in [-0.15, -0.1) is 0 Å². The first-order valence-corrected chi connectivity index (χ1v) is 13.3. The molecular formula is C24H30INO2S. The monoisotopic (exact) mass is 523 g/mol. The molecule has 0 fully saturated rings. The van der Waals surface area contributed by atoms with Crippen molar-refractivity contribution in [1.82, 2.24) is 0 Å². The summed E-state index contributed by atoms with van der Waals surface area (Å²) in [6.45, 7) is 6.37. The molecule has 3 nitrogen and oxygen atoms in total. The zero-order valence-electron chi connectivity index (χ0n) is 17.7. The van der Waals surface area contributed by atoms with Crippen molar-refractivity contribution in [3.05, 3.63) is 65.2 Å². The molecule has 0 aromatic heterocycles. The molecule has 0 bridgehead atoms.